The van der Waals surface area contributed by atoms with Gasteiger partial charge in [0.2, 0.25) is 0 Å². The van der Waals surface area contributed by atoms with E-state index in [-0.39, 0.29) is 12.5 Å². The van der Waals surface area contributed by atoms with Gasteiger partial charge in [0, 0.05) is 60.7 Å². The maximum absolute atomic E-state index is 13.8. The Hall–Kier alpha value is -3.65. The van der Waals surface area contributed by atoms with Gasteiger partial charge in [-0.25, -0.2) is 13.6 Å². The number of rotatable bonds is 3. The average molecular weight is 517 g/mol. The van der Waals surface area contributed by atoms with E-state index in [9.17, 15) is 18.4 Å². The molecule has 2 aliphatic rings. The highest BCUT2D eigenvalue weighted by molar-refractivity contribution is 6.32. The third kappa shape index (κ3) is 4.09. The molecular formula is C28H20BClF2N2O3. The zero-order valence-electron chi connectivity index (χ0n) is 19.6. The van der Waals surface area contributed by atoms with Crippen LogP contribution in [0.25, 0.3) is 10.9 Å². The van der Waals surface area contributed by atoms with Gasteiger partial charge >= 0.3 is 5.97 Å². The summed E-state index contributed by atoms with van der Waals surface area (Å²) in [5, 5.41) is 1.18. The van der Waals surface area contributed by atoms with Gasteiger partial charge in [-0.05, 0) is 29.8 Å². The minimum absolute atomic E-state index is 0.164. The first kappa shape index (κ1) is 23.7. The number of ether oxygens (including phenoxy) is 1. The number of carbonyl (C=O) groups is 2. The summed E-state index contributed by atoms with van der Waals surface area (Å²) >= 11 is 6.24. The molecule has 0 N–H and O–H groups in total. The van der Waals surface area contributed by atoms with Crippen molar-refractivity contribution in [3.05, 3.63) is 99.7 Å². The van der Waals surface area contributed by atoms with Crippen LogP contribution < -0.4 is 5.46 Å². The number of piperidine rings is 1. The first-order valence-corrected chi connectivity index (χ1v) is 12.3. The number of hydrogen-bond donors (Lipinski definition) is 0. The number of esters is 1. The fraction of sp³-hybridized carbons (Fsp3) is 0.214. The summed E-state index contributed by atoms with van der Waals surface area (Å²) in [5.41, 5.74) is 2.61. The molecule has 1 saturated heterocycles. The molecule has 0 bridgehead atoms. The lowest BCUT2D eigenvalue weighted by atomic mass is 9.81. The normalized spacial score (nSPS) is 16.3. The van der Waals surface area contributed by atoms with Crippen molar-refractivity contribution in [2.24, 2.45) is 0 Å². The predicted molar refractivity (Wildman–Crippen MR) is 136 cm³/mol. The molecule has 0 saturated carbocycles. The molecule has 2 aliphatic heterocycles. The van der Waals surface area contributed by atoms with Crippen LogP contribution in [0.5, 0.6) is 0 Å². The predicted octanol–water partition coefficient (Wildman–Crippen LogP) is 4.72. The van der Waals surface area contributed by atoms with Gasteiger partial charge in [0.1, 0.15) is 25.1 Å². The Morgan fingerprint density at radius 2 is 1.76 bits per heavy atom. The Bertz CT molecular complexity index is 1570. The van der Waals surface area contributed by atoms with Crippen LogP contribution in [-0.2, 0) is 16.9 Å². The Labute approximate surface area is 218 Å². The third-order valence-electron chi connectivity index (χ3n) is 7.25. The van der Waals surface area contributed by atoms with Gasteiger partial charge in [-0.2, -0.15) is 0 Å². The van der Waals surface area contributed by atoms with E-state index in [0.29, 0.717) is 64.0 Å². The van der Waals surface area contributed by atoms with Crippen molar-refractivity contribution in [2.75, 3.05) is 13.1 Å². The maximum Gasteiger partial charge on any atom is 0.339 e. The molecule has 3 heterocycles. The number of halogens is 3. The van der Waals surface area contributed by atoms with Gasteiger partial charge in [0.25, 0.3) is 5.91 Å². The summed E-state index contributed by atoms with van der Waals surface area (Å²) < 4.78 is 35.1. The molecule has 5 nitrogen and oxygen atoms in total. The van der Waals surface area contributed by atoms with Crippen molar-refractivity contribution in [3.8, 4) is 0 Å². The molecule has 184 valence electrons. The Balaban J connectivity index is 1.29. The molecular weight excluding hydrogens is 497 g/mol. The lowest BCUT2D eigenvalue weighted by Gasteiger charge is -2.38. The molecule has 0 unspecified atom stereocenters. The highest BCUT2D eigenvalue weighted by Gasteiger charge is 2.48. The molecule has 0 atom stereocenters. The van der Waals surface area contributed by atoms with Crippen LogP contribution in [0.2, 0.25) is 5.02 Å². The molecule has 1 aromatic heterocycles. The lowest BCUT2D eigenvalue weighted by molar-refractivity contribution is -0.0389. The van der Waals surface area contributed by atoms with E-state index in [2.05, 4.69) is 0 Å². The molecule has 37 heavy (non-hydrogen) atoms. The minimum Gasteiger partial charge on any atom is -0.450 e. The number of hydrogen-bond acceptors (Lipinski definition) is 3. The Kier molecular flexibility index (Phi) is 5.60. The number of likely N-dealkylation sites (tertiary alicyclic amines) is 1. The van der Waals surface area contributed by atoms with Crippen molar-refractivity contribution in [1.29, 1.82) is 0 Å². The van der Waals surface area contributed by atoms with Crippen molar-refractivity contribution < 1.29 is 23.1 Å². The van der Waals surface area contributed by atoms with E-state index >= 15 is 0 Å². The van der Waals surface area contributed by atoms with E-state index in [1.165, 1.54) is 12.1 Å². The summed E-state index contributed by atoms with van der Waals surface area (Å²) in [4.78, 5) is 27.9. The second-order valence-corrected chi connectivity index (χ2v) is 10.0. The van der Waals surface area contributed by atoms with Crippen LogP contribution in [0.15, 0.2) is 60.8 Å². The van der Waals surface area contributed by atoms with E-state index < -0.39 is 23.2 Å². The summed E-state index contributed by atoms with van der Waals surface area (Å²) in [5.74, 6) is -1.90. The zero-order valence-corrected chi connectivity index (χ0v) is 20.4. The molecule has 2 radical (unpaired) electrons. The zero-order chi connectivity index (χ0) is 25.9. The van der Waals surface area contributed by atoms with Gasteiger partial charge in [0.05, 0.1) is 16.6 Å². The fourth-order valence-corrected chi connectivity index (χ4v) is 5.66. The van der Waals surface area contributed by atoms with Crippen molar-refractivity contribution in [3.63, 3.8) is 0 Å². The van der Waals surface area contributed by atoms with Crippen molar-refractivity contribution >= 4 is 47.7 Å². The van der Waals surface area contributed by atoms with Gasteiger partial charge in [-0.1, -0.05) is 41.3 Å². The molecule has 1 spiro atoms. The number of benzene rings is 3. The van der Waals surface area contributed by atoms with E-state index in [0.717, 1.165) is 11.6 Å². The van der Waals surface area contributed by atoms with Gasteiger partial charge in [-0.3, -0.25) is 4.79 Å². The largest absolute Gasteiger partial charge is 0.450 e. The first-order valence-electron chi connectivity index (χ1n) is 11.9. The van der Waals surface area contributed by atoms with Crippen LogP contribution >= 0.6 is 11.6 Å². The maximum atomic E-state index is 13.8. The van der Waals surface area contributed by atoms with Crippen LogP contribution in [0.1, 0.15) is 44.7 Å². The molecule has 0 aliphatic carbocycles. The van der Waals surface area contributed by atoms with Crippen LogP contribution in [0, 0.1) is 11.6 Å². The second-order valence-electron chi connectivity index (χ2n) is 9.59. The SMILES string of the molecule is [B]c1ccc2c(c1)C(=O)OC21CCN(C(=O)c2cn(Cc3cc(F)cc(F)c3)c3cc(Cl)ccc23)CC1. The Morgan fingerprint density at radius 1 is 1.03 bits per heavy atom. The smallest absolute Gasteiger partial charge is 0.339 e. The number of nitrogens with zero attached hydrogens (tertiary/aromatic N) is 2. The van der Waals surface area contributed by atoms with E-state index in [1.807, 2.05) is 6.07 Å². The number of carbonyl (C=O) groups excluding carboxylic acids is 2. The van der Waals surface area contributed by atoms with Crippen LogP contribution in [0.4, 0.5) is 8.78 Å². The molecule has 6 rings (SSSR count). The summed E-state index contributed by atoms with van der Waals surface area (Å²) in [6.07, 6.45) is 2.63. The molecule has 3 aromatic carbocycles. The number of aromatic nitrogens is 1. The number of fused-ring (bicyclic) bond motifs is 3. The fourth-order valence-electron chi connectivity index (χ4n) is 5.49. The first-order chi connectivity index (χ1) is 17.7. The molecule has 9 heteroatoms. The lowest BCUT2D eigenvalue weighted by Crippen LogP contribution is -2.45. The topological polar surface area (TPSA) is 51.5 Å². The molecule has 4 aromatic rings. The summed E-state index contributed by atoms with van der Waals surface area (Å²) in [7, 11) is 5.85. The van der Waals surface area contributed by atoms with E-state index in [1.54, 1.807) is 46.0 Å². The highest BCUT2D eigenvalue weighted by atomic mass is 35.5. The summed E-state index contributed by atoms with van der Waals surface area (Å²) in [6, 6.07) is 13.8. The second kappa shape index (κ2) is 8.73. The summed E-state index contributed by atoms with van der Waals surface area (Å²) in [6.45, 7) is 0.953. The molecule has 1 amide bonds. The van der Waals surface area contributed by atoms with Crippen molar-refractivity contribution in [2.45, 2.75) is 25.0 Å². The molecule has 1 fully saturated rings. The van der Waals surface area contributed by atoms with Crippen molar-refractivity contribution in [1.82, 2.24) is 9.47 Å². The van der Waals surface area contributed by atoms with Crippen LogP contribution in [0.3, 0.4) is 0 Å². The quantitative estimate of drug-likeness (QED) is 0.293. The Morgan fingerprint density at radius 3 is 2.49 bits per heavy atom. The average Bonchev–Trinajstić information content (AvgIpc) is 3.33. The minimum atomic E-state index is -0.764. The third-order valence-corrected chi connectivity index (χ3v) is 7.49. The standard InChI is InChI=1S/C28H20BClF2N2O3/c29-17-1-4-24-22(11-17)27(36)37-28(24)5-7-33(8-6-28)26(35)23-15-34(25-12-18(30)2-3-21(23)25)14-16-9-19(31)13-20(32)10-16/h1-4,9-13,15H,5-8,14H2. The number of amides is 1. The van der Waals surface area contributed by atoms with Gasteiger partial charge in [0.15, 0.2) is 0 Å². The highest BCUT2D eigenvalue weighted by Crippen LogP contribution is 2.44. The monoisotopic (exact) mass is 516 g/mol. The van der Waals surface area contributed by atoms with Gasteiger partial charge in [-0.15, -0.1) is 0 Å². The van der Waals surface area contributed by atoms with E-state index in [4.69, 9.17) is 24.2 Å². The van der Waals surface area contributed by atoms with Gasteiger partial charge < -0.3 is 14.2 Å². The van der Waals surface area contributed by atoms with Crippen LogP contribution in [-0.4, -0.2) is 42.3 Å².